The quantitative estimate of drug-likeness (QED) is 0.685. The number of nitrogens with zero attached hydrogens (tertiary/aromatic N) is 1. The van der Waals surface area contributed by atoms with Gasteiger partial charge in [0.1, 0.15) is 5.60 Å². The summed E-state index contributed by atoms with van der Waals surface area (Å²) in [5.74, 6) is -0.00500. The minimum Gasteiger partial charge on any atom is -0.469 e. The van der Waals surface area contributed by atoms with E-state index in [9.17, 15) is 9.59 Å². The number of carbonyl (C=O) groups excluding carboxylic acids is 2. The van der Waals surface area contributed by atoms with Crippen LogP contribution in [-0.4, -0.2) is 42.3 Å². The lowest BCUT2D eigenvalue weighted by molar-refractivity contribution is -0.153. The first-order valence-electron chi connectivity index (χ1n) is 6.89. The Morgan fingerprint density at radius 2 is 1.89 bits per heavy atom. The molecular formula is C14H23NO4. The second-order valence-electron chi connectivity index (χ2n) is 6.51. The largest absolute Gasteiger partial charge is 0.469 e. The molecule has 2 heterocycles. The standard InChI is InChI=1S/C14H23NO4/c1-14(2,3)19-13(17)15-8-9-5-6-11(15)10(7-9)12(16)18-4/h9-11H,5-8H2,1-4H3/t9-,10-,11-/m0/s1. The van der Waals surface area contributed by atoms with Gasteiger partial charge in [0.2, 0.25) is 0 Å². The molecule has 2 bridgehead atoms. The highest BCUT2D eigenvalue weighted by atomic mass is 16.6. The lowest BCUT2D eigenvalue weighted by Crippen LogP contribution is -2.58. The lowest BCUT2D eigenvalue weighted by Gasteiger charge is -2.48. The van der Waals surface area contributed by atoms with Crippen LogP contribution < -0.4 is 0 Å². The molecule has 108 valence electrons. The van der Waals surface area contributed by atoms with Gasteiger partial charge in [-0.3, -0.25) is 4.79 Å². The average Bonchev–Trinajstić information content (AvgIpc) is 2.36. The van der Waals surface area contributed by atoms with Gasteiger partial charge in [0.05, 0.1) is 13.0 Å². The van der Waals surface area contributed by atoms with Crippen LogP contribution >= 0.6 is 0 Å². The summed E-state index contributed by atoms with van der Waals surface area (Å²) in [6.45, 7) is 6.26. The summed E-state index contributed by atoms with van der Waals surface area (Å²) in [5, 5.41) is 0. The van der Waals surface area contributed by atoms with Crippen molar-refractivity contribution in [1.82, 2.24) is 4.90 Å². The van der Waals surface area contributed by atoms with E-state index in [1.165, 1.54) is 7.11 Å². The van der Waals surface area contributed by atoms with Gasteiger partial charge in [0.15, 0.2) is 0 Å². The summed E-state index contributed by atoms with van der Waals surface area (Å²) in [7, 11) is 1.41. The molecule has 0 unspecified atom stereocenters. The Kier molecular flexibility index (Phi) is 3.74. The molecule has 0 aromatic rings. The van der Waals surface area contributed by atoms with E-state index in [2.05, 4.69) is 0 Å². The van der Waals surface area contributed by atoms with Crippen molar-refractivity contribution in [3.8, 4) is 0 Å². The van der Waals surface area contributed by atoms with Gasteiger partial charge < -0.3 is 14.4 Å². The highest BCUT2D eigenvalue weighted by Gasteiger charge is 2.47. The van der Waals surface area contributed by atoms with Crippen molar-refractivity contribution in [1.29, 1.82) is 0 Å². The van der Waals surface area contributed by atoms with E-state index in [0.717, 1.165) is 19.3 Å². The third-order valence-electron chi connectivity index (χ3n) is 3.91. The molecular weight excluding hydrogens is 246 g/mol. The molecule has 5 nitrogen and oxygen atoms in total. The maximum absolute atomic E-state index is 12.2. The van der Waals surface area contributed by atoms with Crippen molar-refractivity contribution in [2.24, 2.45) is 11.8 Å². The molecule has 0 spiro atoms. The van der Waals surface area contributed by atoms with Crippen LogP contribution in [-0.2, 0) is 14.3 Å². The molecule has 2 saturated heterocycles. The van der Waals surface area contributed by atoms with Crippen molar-refractivity contribution in [3.05, 3.63) is 0 Å². The molecule has 1 saturated carbocycles. The summed E-state index contributed by atoms with van der Waals surface area (Å²) in [6.07, 6.45) is 2.47. The van der Waals surface area contributed by atoms with Crippen LogP contribution in [0.5, 0.6) is 0 Å². The van der Waals surface area contributed by atoms with Crippen molar-refractivity contribution >= 4 is 12.1 Å². The number of ether oxygens (including phenoxy) is 2. The number of fused-ring (bicyclic) bond motifs is 3. The second kappa shape index (κ2) is 5.02. The summed E-state index contributed by atoms with van der Waals surface area (Å²) in [4.78, 5) is 25.7. The Bertz CT molecular complexity index is 374. The van der Waals surface area contributed by atoms with E-state index in [1.807, 2.05) is 20.8 Å². The first-order chi connectivity index (χ1) is 8.81. The molecule has 3 fully saturated rings. The predicted molar refractivity (Wildman–Crippen MR) is 69.6 cm³/mol. The van der Waals surface area contributed by atoms with Crippen molar-refractivity contribution in [2.75, 3.05) is 13.7 Å². The average molecular weight is 269 g/mol. The lowest BCUT2D eigenvalue weighted by atomic mass is 9.73. The summed E-state index contributed by atoms with van der Waals surface area (Å²) in [6, 6.07) is -0.0627. The molecule has 19 heavy (non-hydrogen) atoms. The highest BCUT2D eigenvalue weighted by molar-refractivity contribution is 5.76. The zero-order valence-corrected chi connectivity index (χ0v) is 12.1. The van der Waals surface area contributed by atoms with Gasteiger partial charge in [-0.15, -0.1) is 0 Å². The SMILES string of the molecule is COC(=O)[C@H]1C[C@@H]2CC[C@@H]1N(C(=O)OC(C)(C)C)C2. The van der Waals surface area contributed by atoms with E-state index in [4.69, 9.17) is 9.47 Å². The summed E-state index contributed by atoms with van der Waals surface area (Å²) >= 11 is 0. The summed E-state index contributed by atoms with van der Waals surface area (Å²) < 4.78 is 10.3. The van der Waals surface area contributed by atoms with Crippen LogP contribution in [0.25, 0.3) is 0 Å². The van der Waals surface area contributed by atoms with Crippen molar-refractivity contribution < 1.29 is 19.1 Å². The molecule has 1 amide bonds. The fraction of sp³-hybridized carbons (Fsp3) is 0.857. The van der Waals surface area contributed by atoms with Gasteiger partial charge in [-0.1, -0.05) is 0 Å². The molecule has 2 aliphatic heterocycles. The highest BCUT2D eigenvalue weighted by Crippen LogP contribution is 2.40. The first-order valence-corrected chi connectivity index (χ1v) is 6.89. The molecule has 3 aliphatic rings. The Morgan fingerprint density at radius 3 is 2.42 bits per heavy atom. The molecule has 3 rings (SSSR count). The molecule has 3 atom stereocenters. The van der Waals surface area contributed by atoms with Gasteiger partial charge in [0.25, 0.3) is 0 Å². The number of methoxy groups -OCH3 is 1. The van der Waals surface area contributed by atoms with Crippen LogP contribution in [0.3, 0.4) is 0 Å². The van der Waals surface area contributed by atoms with Gasteiger partial charge in [-0.05, 0) is 46.0 Å². The zero-order chi connectivity index (χ0) is 14.2. The second-order valence-corrected chi connectivity index (χ2v) is 6.51. The molecule has 0 radical (unpaired) electrons. The summed E-state index contributed by atoms with van der Waals surface area (Å²) in [5.41, 5.74) is -0.505. The number of carbonyl (C=O) groups is 2. The number of hydrogen-bond acceptors (Lipinski definition) is 4. The molecule has 0 aromatic carbocycles. The van der Waals surface area contributed by atoms with Crippen LogP contribution in [0.4, 0.5) is 4.79 Å². The third-order valence-corrected chi connectivity index (χ3v) is 3.91. The van der Waals surface area contributed by atoms with E-state index >= 15 is 0 Å². The van der Waals surface area contributed by atoms with E-state index in [1.54, 1.807) is 4.90 Å². The number of esters is 1. The smallest absolute Gasteiger partial charge is 0.410 e. The van der Waals surface area contributed by atoms with Crippen LogP contribution in [0.15, 0.2) is 0 Å². The molecule has 5 heteroatoms. The van der Waals surface area contributed by atoms with Crippen molar-refractivity contribution in [2.45, 2.75) is 51.7 Å². The Hall–Kier alpha value is -1.26. The minimum atomic E-state index is -0.505. The minimum absolute atomic E-state index is 0.0627. The van der Waals surface area contributed by atoms with Crippen LogP contribution in [0.1, 0.15) is 40.0 Å². The van der Waals surface area contributed by atoms with Gasteiger partial charge in [-0.25, -0.2) is 4.79 Å². The fourth-order valence-corrected chi connectivity index (χ4v) is 3.13. The Morgan fingerprint density at radius 1 is 1.21 bits per heavy atom. The number of hydrogen-bond donors (Lipinski definition) is 0. The van der Waals surface area contributed by atoms with Crippen LogP contribution in [0.2, 0.25) is 0 Å². The Labute approximate surface area is 114 Å². The maximum atomic E-state index is 12.2. The molecule has 0 N–H and O–H groups in total. The van der Waals surface area contributed by atoms with Gasteiger partial charge in [-0.2, -0.15) is 0 Å². The van der Waals surface area contributed by atoms with E-state index in [0.29, 0.717) is 12.5 Å². The Balaban J connectivity index is 2.10. The topological polar surface area (TPSA) is 55.8 Å². The van der Waals surface area contributed by atoms with E-state index in [-0.39, 0.29) is 24.0 Å². The van der Waals surface area contributed by atoms with Crippen molar-refractivity contribution in [3.63, 3.8) is 0 Å². The number of amides is 1. The van der Waals surface area contributed by atoms with E-state index < -0.39 is 5.60 Å². The fourth-order valence-electron chi connectivity index (χ4n) is 3.13. The van der Waals surface area contributed by atoms with Gasteiger partial charge in [0, 0.05) is 12.6 Å². The monoisotopic (exact) mass is 269 g/mol. The number of rotatable bonds is 1. The van der Waals surface area contributed by atoms with Gasteiger partial charge >= 0.3 is 12.1 Å². The molecule has 1 aliphatic carbocycles. The third kappa shape index (κ3) is 3.01. The maximum Gasteiger partial charge on any atom is 0.410 e. The normalized spacial score (nSPS) is 30.1. The first kappa shape index (κ1) is 14.2. The van der Waals surface area contributed by atoms with Crippen LogP contribution in [0, 0.1) is 11.8 Å². The number of piperidine rings is 2. The molecule has 0 aromatic heterocycles. The zero-order valence-electron chi connectivity index (χ0n) is 12.1. The predicted octanol–water partition coefficient (Wildman–Crippen LogP) is 2.20.